The number of ether oxygens (including phenoxy) is 2. The number of hydrogen-bond acceptors (Lipinski definition) is 4. The molecule has 4 nitrogen and oxygen atoms in total. The van der Waals surface area contributed by atoms with Crippen LogP contribution in [0.4, 0.5) is 0 Å². The predicted octanol–water partition coefficient (Wildman–Crippen LogP) is 3.56. The molecule has 0 aliphatic heterocycles. The molecule has 0 aliphatic rings. The van der Waals surface area contributed by atoms with E-state index in [1.165, 1.54) is 11.6 Å². The van der Waals surface area contributed by atoms with Crippen molar-refractivity contribution < 1.29 is 13.9 Å². The second-order valence-electron chi connectivity index (χ2n) is 4.96. The van der Waals surface area contributed by atoms with Crippen LogP contribution in [0.3, 0.4) is 0 Å². The summed E-state index contributed by atoms with van der Waals surface area (Å²) in [6, 6.07) is 16.4. The van der Waals surface area contributed by atoms with Crippen molar-refractivity contribution in [3.63, 3.8) is 0 Å². The van der Waals surface area contributed by atoms with E-state index in [1.54, 1.807) is 12.1 Å². The number of benzene rings is 2. The van der Waals surface area contributed by atoms with Crippen LogP contribution in [0, 0.1) is 6.92 Å². The molecule has 1 heterocycles. The maximum Gasteiger partial charge on any atom is 0.336 e. The Morgan fingerprint density at radius 3 is 2.27 bits per heavy atom. The largest absolute Gasteiger partial charge is 0.490 e. The third-order valence-electron chi connectivity index (χ3n) is 3.24. The zero-order valence-corrected chi connectivity index (χ0v) is 12.2. The van der Waals surface area contributed by atoms with Crippen molar-refractivity contribution in [1.82, 2.24) is 0 Å². The first-order valence-corrected chi connectivity index (χ1v) is 7.07. The third kappa shape index (κ3) is 3.47. The molecule has 0 unspecified atom stereocenters. The van der Waals surface area contributed by atoms with Crippen LogP contribution >= 0.6 is 0 Å². The summed E-state index contributed by atoms with van der Waals surface area (Å²) in [6.45, 7) is 2.89. The molecular formula is C18H16O4. The highest BCUT2D eigenvalue weighted by Gasteiger charge is 2.01. The molecule has 3 aromatic rings. The molecule has 0 spiro atoms. The Labute approximate surface area is 127 Å². The number of fused-ring (bicyclic) bond motifs is 1. The SMILES string of the molecule is Cc1ccc(OCCOc2ccc3ccc(=O)oc3c2)cc1. The fourth-order valence-corrected chi connectivity index (χ4v) is 2.08. The van der Waals surface area contributed by atoms with Gasteiger partial charge in [-0.25, -0.2) is 4.79 Å². The molecule has 0 fully saturated rings. The van der Waals surface area contributed by atoms with Crippen LogP contribution in [0.15, 0.2) is 63.8 Å². The smallest absolute Gasteiger partial charge is 0.336 e. The Morgan fingerprint density at radius 2 is 1.50 bits per heavy atom. The van der Waals surface area contributed by atoms with Gasteiger partial charge in [0.15, 0.2) is 0 Å². The van der Waals surface area contributed by atoms with Gasteiger partial charge in [-0.2, -0.15) is 0 Å². The van der Waals surface area contributed by atoms with Crippen LogP contribution < -0.4 is 15.1 Å². The van der Waals surface area contributed by atoms with E-state index in [0.29, 0.717) is 24.5 Å². The Bertz CT molecular complexity index is 818. The summed E-state index contributed by atoms with van der Waals surface area (Å²) in [5, 5.41) is 0.864. The van der Waals surface area contributed by atoms with Crippen LogP contribution in [0.2, 0.25) is 0 Å². The monoisotopic (exact) mass is 296 g/mol. The average Bonchev–Trinajstić information content (AvgIpc) is 2.53. The highest BCUT2D eigenvalue weighted by Crippen LogP contribution is 2.19. The van der Waals surface area contributed by atoms with E-state index in [9.17, 15) is 4.79 Å². The lowest BCUT2D eigenvalue weighted by molar-refractivity contribution is 0.217. The van der Waals surface area contributed by atoms with Crippen molar-refractivity contribution in [2.75, 3.05) is 13.2 Å². The first-order chi connectivity index (χ1) is 10.7. The second-order valence-corrected chi connectivity index (χ2v) is 4.96. The van der Waals surface area contributed by atoms with E-state index in [0.717, 1.165) is 11.1 Å². The van der Waals surface area contributed by atoms with Gasteiger partial charge in [-0.1, -0.05) is 17.7 Å². The molecule has 3 rings (SSSR count). The molecule has 2 aromatic carbocycles. The lowest BCUT2D eigenvalue weighted by atomic mass is 10.2. The molecule has 112 valence electrons. The minimum Gasteiger partial charge on any atom is -0.490 e. The first-order valence-electron chi connectivity index (χ1n) is 7.07. The molecule has 0 saturated heterocycles. The number of aryl methyl sites for hydroxylation is 1. The van der Waals surface area contributed by atoms with Gasteiger partial charge in [0.1, 0.15) is 30.3 Å². The van der Waals surface area contributed by atoms with Gasteiger partial charge in [0.2, 0.25) is 0 Å². The lowest BCUT2D eigenvalue weighted by Crippen LogP contribution is -2.09. The van der Waals surface area contributed by atoms with Gasteiger partial charge in [0.05, 0.1) is 0 Å². The van der Waals surface area contributed by atoms with Crippen molar-refractivity contribution in [2.45, 2.75) is 6.92 Å². The summed E-state index contributed by atoms with van der Waals surface area (Å²) in [5.74, 6) is 1.47. The first kappa shape index (κ1) is 14.2. The van der Waals surface area contributed by atoms with Crippen molar-refractivity contribution >= 4 is 11.0 Å². The van der Waals surface area contributed by atoms with Crippen molar-refractivity contribution in [1.29, 1.82) is 0 Å². The molecule has 0 bridgehead atoms. The lowest BCUT2D eigenvalue weighted by Gasteiger charge is -2.09. The molecular weight excluding hydrogens is 280 g/mol. The van der Waals surface area contributed by atoms with Gasteiger partial charge in [-0.15, -0.1) is 0 Å². The maximum absolute atomic E-state index is 11.2. The van der Waals surface area contributed by atoms with Gasteiger partial charge < -0.3 is 13.9 Å². The summed E-state index contributed by atoms with van der Waals surface area (Å²) < 4.78 is 16.3. The van der Waals surface area contributed by atoms with Crippen LogP contribution in [0.1, 0.15) is 5.56 Å². The maximum atomic E-state index is 11.2. The summed E-state index contributed by atoms with van der Waals surface area (Å²) in [5.41, 5.74) is 1.35. The van der Waals surface area contributed by atoms with Crippen LogP contribution in [0.5, 0.6) is 11.5 Å². The Balaban J connectivity index is 1.57. The zero-order valence-electron chi connectivity index (χ0n) is 12.2. The number of rotatable bonds is 5. The second kappa shape index (κ2) is 6.35. The molecule has 4 heteroatoms. The fraction of sp³-hybridized carbons (Fsp3) is 0.167. The Hall–Kier alpha value is -2.75. The minimum atomic E-state index is -0.368. The standard InChI is InChI=1S/C18H16O4/c1-13-2-6-15(7-3-13)20-10-11-21-16-8-4-14-5-9-18(19)22-17(14)12-16/h2-9,12H,10-11H2,1H3. The van der Waals surface area contributed by atoms with Crippen molar-refractivity contribution in [3.05, 3.63) is 70.6 Å². The summed E-state index contributed by atoms with van der Waals surface area (Å²) in [7, 11) is 0. The van der Waals surface area contributed by atoms with E-state index in [2.05, 4.69) is 0 Å². The fourth-order valence-electron chi connectivity index (χ4n) is 2.08. The van der Waals surface area contributed by atoms with Crippen LogP contribution in [0.25, 0.3) is 11.0 Å². The molecule has 0 atom stereocenters. The Morgan fingerprint density at radius 1 is 0.864 bits per heavy atom. The van der Waals surface area contributed by atoms with Gasteiger partial charge >= 0.3 is 5.63 Å². The van der Waals surface area contributed by atoms with Gasteiger partial charge in [-0.3, -0.25) is 0 Å². The van der Waals surface area contributed by atoms with Crippen LogP contribution in [-0.4, -0.2) is 13.2 Å². The highest BCUT2D eigenvalue weighted by molar-refractivity contribution is 5.77. The molecule has 0 saturated carbocycles. The van der Waals surface area contributed by atoms with E-state index in [4.69, 9.17) is 13.9 Å². The molecule has 22 heavy (non-hydrogen) atoms. The molecule has 0 amide bonds. The number of hydrogen-bond donors (Lipinski definition) is 0. The molecule has 0 aliphatic carbocycles. The van der Waals surface area contributed by atoms with Crippen LogP contribution in [-0.2, 0) is 0 Å². The summed E-state index contributed by atoms with van der Waals surface area (Å²) >= 11 is 0. The highest BCUT2D eigenvalue weighted by atomic mass is 16.5. The average molecular weight is 296 g/mol. The van der Waals surface area contributed by atoms with Gasteiger partial charge in [0.25, 0.3) is 0 Å². The summed E-state index contributed by atoms with van der Waals surface area (Å²) in [6.07, 6.45) is 0. The molecule has 1 aromatic heterocycles. The van der Waals surface area contributed by atoms with E-state index >= 15 is 0 Å². The van der Waals surface area contributed by atoms with Gasteiger partial charge in [0, 0.05) is 17.5 Å². The van der Waals surface area contributed by atoms with Crippen molar-refractivity contribution in [2.24, 2.45) is 0 Å². The summed E-state index contributed by atoms with van der Waals surface area (Å²) in [4.78, 5) is 11.2. The predicted molar refractivity (Wildman–Crippen MR) is 84.7 cm³/mol. The van der Waals surface area contributed by atoms with E-state index in [1.807, 2.05) is 43.3 Å². The van der Waals surface area contributed by atoms with Crippen molar-refractivity contribution in [3.8, 4) is 11.5 Å². The topological polar surface area (TPSA) is 48.7 Å². The quantitative estimate of drug-likeness (QED) is 0.533. The van der Waals surface area contributed by atoms with Gasteiger partial charge in [-0.05, 0) is 37.3 Å². The zero-order chi connectivity index (χ0) is 15.4. The Kier molecular flexibility index (Phi) is 4.10. The normalized spacial score (nSPS) is 10.6. The molecule has 0 N–H and O–H groups in total. The van der Waals surface area contributed by atoms with E-state index < -0.39 is 0 Å². The molecule has 0 radical (unpaired) electrons. The minimum absolute atomic E-state index is 0.368. The van der Waals surface area contributed by atoms with E-state index in [-0.39, 0.29) is 5.63 Å². The third-order valence-corrected chi connectivity index (χ3v) is 3.24.